The van der Waals surface area contributed by atoms with Crippen LogP contribution in [0.1, 0.15) is 25.8 Å². The van der Waals surface area contributed by atoms with Gasteiger partial charge in [-0.25, -0.2) is 0 Å². The summed E-state index contributed by atoms with van der Waals surface area (Å²) in [5.74, 6) is 0.775. The van der Waals surface area contributed by atoms with Crippen LogP contribution < -0.4 is 11.1 Å². The van der Waals surface area contributed by atoms with Gasteiger partial charge in [-0.3, -0.25) is 0 Å². The van der Waals surface area contributed by atoms with Crippen molar-refractivity contribution in [3.63, 3.8) is 0 Å². The minimum Gasteiger partial charge on any atom is -0.362 e. The van der Waals surface area contributed by atoms with E-state index < -0.39 is 0 Å². The van der Waals surface area contributed by atoms with Gasteiger partial charge in [-0.1, -0.05) is 56.0 Å². The number of nitrogens with one attached hydrogen (secondary N) is 1. The van der Waals surface area contributed by atoms with Crippen molar-refractivity contribution >= 4 is 5.69 Å². The van der Waals surface area contributed by atoms with E-state index in [1.54, 1.807) is 6.20 Å². The fraction of sp³-hybridized carbons (Fsp3) is 0.273. The van der Waals surface area contributed by atoms with Gasteiger partial charge in [0, 0.05) is 16.8 Å². The molecule has 0 bridgehead atoms. The Morgan fingerprint density at radius 3 is 2.00 bits per heavy atom. The molecular formula is C22H30N2. The van der Waals surface area contributed by atoms with E-state index in [0.717, 1.165) is 11.6 Å². The minimum atomic E-state index is 0.208. The number of hydrogen-bond donors (Lipinski definition) is 2. The van der Waals surface area contributed by atoms with Crippen molar-refractivity contribution in [3.8, 4) is 11.1 Å². The van der Waals surface area contributed by atoms with Gasteiger partial charge in [0.2, 0.25) is 0 Å². The third-order valence-corrected chi connectivity index (χ3v) is 4.33. The molecule has 1 saturated carbocycles. The fourth-order valence-corrected chi connectivity index (χ4v) is 2.43. The Kier molecular flexibility index (Phi) is 7.47. The van der Waals surface area contributed by atoms with E-state index >= 15 is 0 Å². The number of nitrogens with two attached hydrogens (primary N) is 1. The zero-order chi connectivity index (χ0) is 18.2. The lowest BCUT2D eigenvalue weighted by atomic mass is 9.99. The van der Waals surface area contributed by atoms with Crippen molar-refractivity contribution in [2.24, 2.45) is 11.7 Å². The molecule has 1 fully saturated rings. The molecule has 1 aliphatic rings. The maximum absolute atomic E-state index is 5.61. The van der Waals surface area contributed by atoms with Crippen LogP contribution in [0, 0.1) is 12.8 Å². The molecule has 0 amide bonds. The summed E-state index contributed by atoms with van der Waals surface area (Å²) < 4.78 is 0. The van der Waals surface area contributed by atoms with E-state index in [-0.39, 0.29) is 5.54 Å². The highest BCUT2D eigenvalue weighted by Crippen LogP contribution is 2.39. The topological polar surface area (TPSA) is 38.0 Å². The van der Waals surface area contributed by atoms with Gasteiger partial charge in [-0.2, -0.15) is 0 Å². The monoisotopic (exact) mass is 322 g/mol. The maximum atomic E-state index is 5.61. The average Bonchev–Trinajstić information content (AvgIpc) is 3.15. The molecule has 0 aliphatic heterocycles. The molecule has 2 nitrogen and oxygen atoms in total. The molecule has 0 saturated heterocycles. The van der Waals surface area contributed by atoms with Gasteiger partial charge in [0.25, 0.3) is 0 Å². The summed E-state index contributed by atoms with van der Waals surface area (Å²) in [5, 5.41) is 3.17. The van der Waals surface area contributed by atoms with Crippen LogP contribution in [-0.2, 0) is 0 Å². The summed E-state index contributed by atoms with van der Waals surface area (Å²) >= 11 is 0. The van der Waals surface area contributed by atoms with Crippen molar-refractivity contribution in [3.05, 3.63) is 80.0 Å². The zero-order valence-electron chi connectivity index (χ0n) is 15.2. The van der Waals surface area contributed by atoms with Crippen LogP contribution >= 0.6 is 0 Å². The van der Waals surface area contributed by atoms with Gasteiger partial charge in [0.05, 0.1) is 0 Å². The normalized spacial score (nSPS) is 20.6. The summed E-state index contributed by atoms with van der Waals surface area (Å²) in [4.78, 5) is 0. The van der Waals surface area contributed by atoms with Gasteiger partial charge < -0.3 is 11.1 Å². The third-order valence-electron chi connectivity index (χ3n) is 4.33. The molecule has 2 aromatic rings. The first-order chi connectivity index (χ1) is 11.5. The number of anilines is 1. The minimum absolute atomic E-state index is 0.208. The predicted molar refractivity (Wildman–Crippen MR) is 108 cm³/mol. The van der Waals surface area contributed by atoms with Crippen LogP contribution in [0.25, 0.3) is 11.1 Å². The molecule has 128 valence electrons. The summed E-state index contributed by atoms with van der Waals surface area (Å²) in [6.45, 7) is 16.1. The molecule has 1 aliphatic carbocycles. The van der Waals surface area contributed by atoms with Crippen LogP contribution in [0.5, 0.6) is 0 Å². The quantitative estimate of drug-likeness (QED) is 0.705. The third kappa shape index (κ3) is 5.39. The lowest BCUT2D eigenvalue weighted by Crippen LogP contribution is -2.18. The van der Waals surface area contributed by atoms with E-state index in [1.807, 2.05) is 6.07 Å². The zero-order valence-corrected chi connectivity index (χ0v) is 15.2. The SMILES string of the molecule is C=C.C=CNc1ccccc1-c1ccccc1C.CC1CC1(C)N. The van der Waals surface area contributed by atoms with Gasteiger partial charge in [0.1, 0.15) is 0 Å². The molecule has 2 unspecified atom stereocenters. The molecule has 24 heavy (non-hydrogen) atoms. The van der Waals surface area contributed by atoms with Crippen LogP contribution in [0.2, 0.25) is 0 Å². The molecule has 2 atom stereocenters. The van der Waals surface area contributed by atoms with Crippen molar-refractivity contribution < 1.29 is 0 Å². The summed E-state index contributed by atoms with van der Waals surface area (Å²) in [6, 6.07) is 16.6. The van der Waals surface area contributed by atoms with Gasteiger partial charge in [-0.15, -0.1) is 13.2 Å². The average molecular weight is 322 g/mol. The summed E-state index contributed by atoms with van der Waals surface area (Å²) in [7, 11) is 0. The lowest BCUT2D eigenvalue weighted by Gasteiger charge is -2.11. The number of para-hydroxylation sites is 1. The first-order valence-corrected chi connectivity index (χ1v) is 8.27. The second kappa shape index (κ2) is 9.09. The van der Waals surface area contributed by atoms with Crippen LogP contribution in [0.15, 0.2) is 74.5 Å². The van der Waals surface area contributed by atoms with E-state index in [1.165, 1.54) is 23.1 Å². The van der Waals surface area contributed by atoms with Crippen LogP contribution in [-0.4, -0.2) is 5.54 Å². The van der Waals surface area contributed by atoms with E-state index in [9.17, 15) is 0 Å². The van der Waals surface area contributed by atoms with Crippen molar-refractivity contribution in [1.29, 1.82) is 0 Å². The summed E-state index contributed by atoms with van der Waals surface area (Å²) in [6.07, 6.45) is 2.92. The molecule has 0 heterocycles. The second-order valence-corrected chi connectivity index (χ2v) is 6.32. The Morgan fingerprint density at radius 1 is 1.08 bits per heavy atom. The fourth-order valence-electron chi connectivity index (χ4n) is 2.43. The molecule has 2 aromatic carbocycles. The van der Waals surface area contributed by atoms with Crippen molar-refractivity contribution in [1.82, 2.24) is 0 Å². The number of hydrogen-bond acceptors (Lipinski definition) is 2. The smallest absolute Gasteiger partial charge is 0.0459 e. The molecule has 0 spiro atoms. The molecular weight excluding hydrogens is 292 g/mol. The van der Waals surface area contributed by atoms with E-state index in [4.69, 9.17) is 5.73 Å². The van der Waals surface area contributed by atoms with Crippen molar-refractivity contribution in [2.75, 3.05) is 5.32 Å². The number of rotatable bonds is 3. The standard InChI is InChI=1S/C15H15N.C5H11N.C2H4/c1-3-16-15-11-7-6-10-14(15)13-9-5-4-8-12(13)2;1-4-3-5(4,2)6;1-2/h3-11,16H,1H2,2H3;4H,3,6H2,1-2H3;1-2H2. The molecule has 3 N–H and O–H groups in total. The Labute approximate surface area is 147 Å². The van der Waals surface area contributed by atoms with Crippen LogP contribution in [0.3, 0.4) is 0 Å². The van der Waals surface area contributed by atoms with E-state index in [2.05, 4.69) is 88.3 Å². The lowest BCUT2D eigenvalue weighted by molar-refractivity contribution is 0.686. The molecule has 3 rings (SSSR count). The molecule has 2 heteroatoms. The van der Waals surface area contributed by atoms with Gasteiger partial charge in [0.15, 0.2) is 0 Å². The highest BCUT2D eigenvalue weighted by atomic mass is 14.8. The summed E-state index contributed by atoms with van der Waals surface area (Å²) in [5.41, 5.74) is 10.7. The first-order valence-electron chi connectivity index (χ1n) is 8.27. The van der Waals surface area contributed by atoms with Gasteiger partial charge >= 0.3 is 0 Å². The highest BCUT2D eigenvalue weighted by Gasteiger charge is 2.42. The Hall–Kier alpha value is -2.32. The predicted octanol–water partition coefficient (Wildman–Crippen LogP) is 5.76. The first kappa shape index (κ1) is 19.7. The number of aryl methyl sites for hydroxylation is 1. The molecule has 0 aromatic heterocycles. The Morgan fingerprint density at radius 2 is 1.54 bits per heavy atom. The van der Waals surface area contributed by atoms with Crippen LogP contribution in [0.4, 0.5) is 5.69 Å². The van der Waals surface area contributed by atoms with Crippen molar-refractivity contribution in [2.45, 2.75) is 32.7 Å². The molecule has 0 radical (unpaired) electrons. The van der Waals surface area contributed by atoms with Gasteiger partial charge in [-0.05, 0) is 49.6 Å². The highest BCUT2D eigenvalue weighted by molar-refractivity contribution is 5.80. The van der Waals surface area contributed by atoms with E-state index in [0.29, 0.717) is 0 Å². The Bertz CT molecular complexity index is 659. The number of benzene rings is 2. The second-order valence-electron chi connectivity index (χ2n) is 6.32. The Balaban J connectivity index is 0.000000300. The maximum Gasteiger partial charge on any atom is 0.0459 e. The largest absolute Gasteiger partial charge is 0.362 e.